The zero-order valence-corrected chi connectivity index (χ0v) is 26.1. The minimum atomic E-state index is -4.23. The smallest absolute Gasteiger partial charge is 0.264 e. The second-order valence-electron chi connectivity index (χ2n) is 9.85. The van der Waals surface area contributed by atoms with E-state index in [0.717, 1.165) is 20.6 Å². The van der Waals surface area contributed by atoms with Crippen LogP contribution in [0.5, 0.6) is 5.75 Å². The number of rotatable bonds is 10. The van der Waals surface area contributed by atoms with Crippen molar-refractivity contribution in [2.75, 3.05) is 28.0 Å². The second-order valence-corrected chi connectivity index (χ2v) is 13.8. The molecule has 0 bridgehead atoms. The Kier molecular flexibility index (Phi) is 8.82. The van der Waals surface area contributed by atoms with Crippen LogP contribution in [0.3, 0.4) is 0 Å². The van der Waals surface area contributed by atoms with Crippen LogP contribution in [-0.4, -0.2) is 36.4 Å². The van der Waals surface area contributed by atoms with Crippen molar-refractivity contribution < 1.29 is 26.4 Å². The number of amides is 1. The summed E-state index contributed by atoms with van der Waals surface area (Å²) in [6, 6.07) is 29.0. The van der Waals surface area contributed by atoms with Crippen LogP contribution in [0.2, 0.25) is 5.02 Å². The Labute approximate surface area is 261 Å². The zero-order valence-electron chi connectivity index (χ0n) is 23.7. The van der Waals surface area contributed by atoms with Gasteiger partial charge in [0.05, 0.1) is 28.3 Å². The number of halogens is 1. The van der Waals surface area contributed by atoms with Crippen molar-refractivity contribution >= 4 is 65.4 Å². The van der Waals surface area contributed by atoms with Gasteiger partial charge in [0.25, 0.3) is 20.0 Å². The predicted octanol–water partition coefficient (Wildman–Crippen LogP) is 6.45. The van der Waals surface area contributed by atoms with E-state index < -0.39 is 32.5 Å². The van der Waals surface area contributed by atoms with Gasteiger partial charge >= 0.3 is 0 Å². The maximum atomic E-state index is 13.8. The molecule has 0 heterocycles. The van der Waals surface area contributed by atoms with Crippen molar-refractivity contribution in [1.29, 1.82) is 0 Å². The molecule has 0 fully saturated rings. The number of nitrogens with one attached hydrogen (secondary N) is 2. The number of benzene rings is 5. The minimum Gasteiger partial charge on any atom is -0.495 e. The molecule has 12 heteroatoms. The first-order valence-corrected chi connectivity index (χ1v) is 16.6. The number of anilines is 3. The van der Waals surface area contributed by atoms with Gasteiger partial charge in [-0.2, -0.15) is 0 Å². The third kappa shape index (κ3) is 6.65. The maximum Gasteiger partial charge on any atom is 0.264 e. The van der Waals surface area contributed by atoms with Crippen molar-refractivity contribution in [2.45, 2.75) is 16.7 Å². The van der Waals surface area contributed by atoms with Crippen LogP contribution in [0.15, 0.2) is 119 Å². The Bertz CT molecular complexity index is 2050. The fraction of sp³-hybridized carbons (Fsp3) is 0.0938. The number of methoxy groups -OCH3 is 1. The molecule has 9 nitrogen and oxygen atoms in total. The highest BCUT2D eigenvalue weighted by atomic mass is 35.5. The summed E-state index contributed by atoms with van der Waals surface area (Å²) in [6.45, 7) is 1.22. The van der Waals surface area contributed by atoms with E-state index in [9.17, 15) is 21.6 Å². The Morgan fingerprint density at radius 2 is 1.48 bits per heavy atom. The number of carbonyl (C=O) groups is 1. The molecule has 44 heavy (non-hydrogen) atoms. The van der Waals surface area contributed by atoms with Crippen molar-refractivity contribution in [1.82, 2.24) is 0 Å². The van der Waals surface area contributed by atoms with E-state index in [0.29, 0.717) is 5.69 Å². The number of hydrogen-bond donors (Lipinski definition) is 2. The highest BCUT2D eigenvalue weighted by molar-refractivity contribution is 7.93. The average Bonchev–Trinajstić information content (AvgIpc) is 3.00. The van der Waals surface area contributed by atoms with Gasteiger partial charge in [-0.25, -0.2) is 16.8 Å². The van der Waals surface area contributed by atoms with E-state index in [-0.39, 0.29) is 31.9 Å². The Morgan fingerprint density at radius 3 is 2.18 bits per heavy atom. The topological polar surface area (TPSA) is 122 Å². The lowest BCUT2D eigenvalue weighted by Gasteiger charge is -2.26. The van der Waals surface area contributed by atoms with Crippen LogP contribution >= 0.6 is 11.6 Å². The van der Waals surface area contributed by atoms with Gasteiger partial charge < -0.3 is 10.1 Å². The number of ether oxygens (including phenoxy) is 1. The number of fused-ring (bicyclic) bond motifs is 1. The molecule has 0 atom stereocenters. The normalized spacial score (nSPS) is 11.6. The fourth-order valence-corrected chi connectivity index (χ4v) is 7.23. The minimum absolute atomic E-state index is 0.0179. The van der Waals surface area contributed by atoms with Gasteiger partial charge in [0.2, 0.25) is 5.91 Å². The van der Waals surface area contributed by atoms with Crippen molar-refractivity contribution in [3.8, 4) is 5.75 Å². The summed E-state index contributed by atoms with van der Waals surface area (Å²) >= 11 is 6.20. The molecule has 0 aromatic heterocycles. The van der Waals surface area contributed by atoms with Crippen LogP contribution in [-0.2, 0) is 24.8 Å². The van der Waals surface area contributed by atoms with E-state index >= 15 is 0 Å². The molecule has 5 aromatic rings. The molecular weight excluding hydrogens is 622 g/mol. The molecule has 0 aliphatic heterocycles. The van der Waals surface area contributed by atoms with E-state index in [1.165, 1.54) is 55.6 Å². The maximum absolute atomic E-state index is 13.8. The second kappa shape index (κ2) is 12.6. The third-order valence-electron chi connectivity index (χ3n) is 6.79. The van der Waals surface area contributed by atoms with Crippen molar-refractivity contribution in [3.05, 3.63) is 120 Å². The van der Waals surface area contributed by atoms with Gasteiger partial charge in [-0.15, -0.1) is 0 Å². The van der Waals surface area contributed by atoms with Gasteiger partial charge in [-0.1, -0.05) is 65.7 Å². The molecule has 2 N–H and O–H groups in total. The van der Waals surface area contributed by atoms with E-state index in [1.807, 2.05) is 37.3 Å². The van der Waals surface area contributed by atoms with E-state index in [1.54, 1.807) is 30.3 Å². The molecule has 5 aromatic carbocycles. The highest BCUT2D eigenvalue weighted by Gasteiger charge is 2.30. The largest absolute Gasteiger partial charge is 0.495 e. The Morgan fingerprint density at radius 1 is 0.818 bits per heavy atom. The summed E-state index contributed by atoms with van der Waals surface area (Å²) in [6.07, 6.45) is 0. The number of hydrogen-bond acceptors (Lipinski definition) is 6. The summed E-state index contributed by atoms with van der Waals surface area (Å²) in [7, 11) is -6.80. The highest BCUT2D eigenvalue weighted by Crippen LogP contribution is 2.35. The molecule has 0 saturated carbocycles. The molecule has 0 spiro atoms. The first-order chi connectivity index (χ1) is 21.0. The van der Waals surface area contributed by atoms with E-state index in [4.69, 9.17) is 16.3 Å². The molecule has 226 valence electrons. The zero-order chi connectivity index (χ0) is 31.5. The van der Waals surface area contributed by atoms with Gasteiger partial charge in [-0.3, -0.25) is 13.8 Å². The lowest BCUT2D eigenvalue weighted by Crippen LogP contribution is -2.38. The third-order valence-corrected chi connectivity index (χ3v) is 10.2. The molecule has 0 aliphatic carbocycles. The van der Waals surface area contributed by atoms with Crippen LogP contribution < -0.4 is 19.1 Å². The van der Waals surface area contributed by atoms with Gasteiger partial charge in [0.15, 0.2) is 0 Å². The average molecular weight is 650 g/mol. The van der Waals surface area contributed by atoms with Gasteiger partial charge in [-0.05, 0) is 73.0 Å². The molecule has 1 amide bonds. The number of carbonyl (C=O) groups excluding carboxylic acids is 1. The summed E-state index contributed by atoms with van der Waals surface area (Å²) < 4.78 is 62.8. The van der Waals surface area contributed by atoms with Crippen LogP contribution in [0, 0.1) is 6.92 Å². The Balaban J connectivity index is 1.38. The molecule has 0 radical (unpaired) electrons. The Hall–Kier alpha value is -4.58. The monoisotopic (exact) mass is 649 g/mol. The van der Waals surface area contributed by atoms with Crippen LogP contribution in [0.25, 0.3) is 10.8 Å². The molecule has 0 aliphatic rings. The van der Waals surface area contributed by atoms with E-state index in [2.05, 4.69) is 10.0 Å². The lowest BCUT2D eigenvalue weighted by atomic mass is 10.1. The van der Waals surface area contributed by atoms with Crippen LogP contribution in [0.4, 0.5) is 17.1 Å². The molecule has 5 rings (SSSR count). The summed E-state index contributed by atoms with van der Waals surface area (Å²) in [5.74, 6) is -0.474. The van der Waals surface area contributed by atoms with Gasteiger partial charge in [0, 0.05) is 16.1 Å². The summed E-state index contributed by atoms with van der Waals surface area (Å²) in [5.41, 5.74) is 1.65. The summed E-state index contributed by atoms with van der Waals surface area (Å²) in [4.78, 5) is 13.2. The number of nitrogens with zero attached hydrogens (tertiary/aromatic N) is 1. The lowest BCUT2D eigenvalue weighted by molar-refractivity contribution is -0.114. The SMILES string of the molecule is COc1ccc(Cl)cc1N(CC(=O)Nc1ccc(S(=O)(=O)Nc2cccc3ccccc23)cc1)S(=O)(=O)c1ccc(C)cc1. The first kappa shape index (κ1) is 30.9. The van der Waals surface area contributed by atoms with Crippen LogP contribution in [0.1, 0.15) is 5.56 Å². The molecule has 0 saturated heterocycles. The molecular formula is C32H28ClN3O6S2. The molecule has 0 unspecified atom stereocenters. The summed E-state index contributed by atoms with van der Waals surface area (Å²) in [5, 5.41) is 4.54. The van der Waals surface area contributed by atoms with Gasteiger partial charge in [0.1, 0.15) is 12.3 Å². The van der Waals surface area contributed by atoms with Crippen molar-refractivity contribution in [2.24, 2.45) is 0 Å². The fourth-order valence-electron chi connectivity index (χ4n) is 4.56. The number of aryl methyl sites for hydroxylation is 1. The number of sulfonamides is 2. The predicted molar refractivity (Wildman–Crippen MR) is 174 cm³/mol. The standard InChI is InChI=1S/C32H28ClN3O6S2/c1-22-10-15-27(16-11-22)44(40,41)36(30-20-24(33)12-19-31(30)42-2)21-32(37)34-25-13-17-26(18-14-25)43(38,39)35-29-9-5-7-23-6-3-4-8-28(23)29/h3-20,35H,21H2,1-2H3,(H,34,37). The quantitative estimate of drug-likeness (QED) is 0.179. The first-order valence-electron chi connectivity index (χ1n) is 13.3. The van der Waals surface area contributed by atoms with Crippen molar-refractivity contribution in [3.63, 3.8) is 0 Å².